The van der Waals surface area contributed by atoms with Crippen molar-refractivity contribution in [3.05, 3.63) is 59.8 Å². The normalized spacial score (nSPS) is 14.7. The van der Waals surface area contributed by atoms with Crippen LogP contribution in [0.25, 0.3) is 0 Å². The monoisotopic (exact) mass is 407 g/mol. The molecule has 0 aliphatic carbocycles. The number of benzene rings is 1. The van der Waals surface area contributed by atoms with Crippen LogP contribution < -0.4 is 4.90 Å². The Kier molecular flexibility index (Phi) is 6.95. The highest BCUT2D eigenvalue weighted by Gasteiger charge is 2.31. The number of hydrogen-bond donors (Lipinski definition) is 0. The molecular weight excluding hydrogens is 383 g/mol. The second kappa shape index (κ2) is 9.62. The molecule has 1 aromatic heterocycles. The van der Waals surface area contributed by atoms with E-state index in [9.17, 15) is 18.0 Å². The third-order valence-electron chi connectivity index (χ3n) is 4.87. The molecule has 0 bridgehead atoms. The maximum Gasteiger partial charge on any atom is 0.417 e. The molecule has 1 aliphatic heterocycles. The van der Waals surface area contributed by atoms with E-state index in [4.69, 9.17) is 4.74 Å². The minimum Gasteiger partial charge on any atom is -0.449 e. The van der Waals surface area contributed by atoms with Gasteiger partial charge >= 0.3 is 12.3 Å². The average molecular weight is 407 g/mol. The molecule has 0 spiro atoms. The molecule has 0 radical (unpaired) electrons. The second-order valence-corrected chi connectivity index (χ2v) is 6.93. The van der Waals surface area contributed by atoms with Gasteiger partial charge in [-0.25, -0.2) is 9.78 Å². The van der Waals surface area contributed by atoms with Crippen molar-refractivity contribution in [3.63, 3.8) is 0 Å². The van der Waals surface area contributed by atoms with Crippen LogP contribution in [0.15, 0.2) is 48.7 Å². The summed E-state index contributed by atoms with van der Waals surface area (Å²) in [6, 6.07) is 12.6. The molecule has 1 amide bonds. The number of halogens is 3. The second-order valence-electron chi connectivity index (χ2n) is 6.93. The molecule has 0 atom stereocenters. The summed E-state index contributed by atoms with van der Waals surface area (Å²) >= 11 is 0. The predicted octanol–water partition coefficient (Wildman–Crippen LogP) is 4.38. The van der Waals surface area contributed by atoms with Crippen LogP contribution in [0.2, 0.25) is 0 Å². The first-order valence-corrected chi connectivity index (χ1v) is 9.67. The molecule has 2 aromatic rings. The van der Waals surface area contributed by atoms with Crippen LogP contribution in [-0.2, 0) is 17.3 Å². The van der Waals surface area contributed by atoms with Crippen LogP contribution in [0.3, 0.4) is 0 Å². The van der Waals surface area contributed by atoms with E-state index in [1.165, 1.54) is 11.6 Å². The van der Waals surface area contributed by atoms with E-state index in [0.29, 0.717) is 38.6 Å². The molecule has 2 heterocycles. The Morgan fingerprint density at radius 3 is 2.34 bits per heavy atom. The lowest BCUT2D eigenvalue weighted by Gasteiger charge is -2.34. The van der Waals surface area contributed by atoms with E-state index in [1.807, 2.05) is 23.1 Å². The summed E-state index contributed by atoms with van der Waals surface area (Å²) < 4.78 is 43.2. The zero-order valence-corrected chi connectivity index (χ0v) is 16.1. The maximum atomic E-state index is 12.6. The number of piperazine rings is 1. The highest BCUT2D eigenvalue weighted by atomic mass is 19.4. The van der Waals surface area contributed by atoms with Gasteiger partial charge in [-0.3, -0.25) is 0 Å². The topological polar surface area (TPSA) is 45.7 Å². The van der Waals surface area contributed by atoms with E-state index in [2.05, 4.69) is 17.1 Å². The van der Waals surface area contributed by atoms with Gasteiger partial charge in [0.15, 0.2) is 0 Å². The summed E-state index contributed by atoms with van der Waals surface area (Å²) in [5, 5.41) is 0. The Hall–Kier alpha value is -2.77. The zero-order chi connectivity index (χ0) is 20.7. The van der Waals surface area contributed by atoms with Gasteiger partial charge in [0.2, 0.25) is 0 Å². The number of pyridine rings is 1. The lowest BCUT2D eigenvalue weighted by atomic mass is 10.1. The van der Waals surface area contributed by atoms with E-state index in [0.717, 1.165) is 31.5 Å². The van der Waals surface area contributed by atoms with E-state index >= 15 is 0 Å². The van der Waals surface area contributed by atoms with Gasteiger partial charge in [-0.2, -0.15) is 13.2 Å². The van der Waals surface area contributed by atoms with Gasteiger partial charge in [0.25, 0.3) is 0 Å². The molecule has 156 valence electrons. The standard InChI is InChI=1S/C21H24F3N3O2/c22-21(23,24)18-9-10-19(25-16-18)26-11-13-27(14-12-26)20(28)29-15-5-4-8-17-6-2-1-3-7-17/h1-3,6-7,9-10,16H,4-5,8,11-15H2. The van der Waals surface area contributed by atoms with Crippen molar-refractivity contribution < 1.29 is 22.7 Å². The number of alkyl halides is 3. The van der Waals surface area contributed by atoms with Crippen LogP contribution in [0, 0.1) is 0 Å². The number of rotatable bonds is 6. The highest BCUT2D eigenvalue weighted by Crippen LogP contribution is 2.29. The number of hydrogen-bond acceptors (Lipinski definition) is 4. The largest absolute Gasteiger partial charge is 0.449 e. The van der Waals surface area contributed by atoms with E-state index < -0.39 is 11.7 Å². The third kappa shape index (κ3) is 6.10. The zero-order valence-electron chi connectivity index (χ0n) is 16.1. The number of carbonyl (C=O) groups excluding carboxylic acids is 1. The number of anilines is 1. The quantitative estimate of drug-likeness (QED) is 0.667. The van der Waals surface area contributed by atoms with Crippen LogP contribution in [0.1, 0.15) is 24.0 Å². The number of aryl methyl sites for hydroxylation is 1. The fourth-order valence-corrected chi connectivity index (χ4v) is 3.19. The van der Waals surface area contributed by atoms with Crippen molar-refractivity contribution in [2.45, 2.75) is 25.4 Å². The molecule has 3 rings (SSSR count). The summed E-state index contributed by atoms with van der Waals surface area (Å²) in [6.07, 6.45) is -1.19. The number of nitrogens with zero attached hydrogens (tertiary/aromatic N) is 3. The molecule has 1 aromatic carbocycles. The Bertz CT molecular complexity index is 774. The van der Waals surface area contributed by atoms with Gasteiger partial charge in [-0.1, -0.05) is 30.3 Å². The molecule has 1 saturated heterocycles. The van der Waals surface area contributed by atoms with Crippen molar-refractivity contribution in [3.8, 4) is 0 Å². The van der Waals surface area contributed by atoms with Gasteiger partial charge < -0.3 is 14.5 Å². The highest BCUT2D eigenvalue weighted by molar-refractivity contribution is 5.68. The molecule has 29 heavy (non-hydrogen) atoms. The Balaban J connectivity index is 1.36. The number of carbonyl (C=O) groups is 1. The Labute approximate surface area is 168 Å². The van der Waals surface area contributed by atoms with Crippen LogP contribution in [0.5, 0.6) is 0 Å². The summed E-state index contributed by atoms with van der Waals surface area (Å²) in [6.45, 7) is 2.28. The Morgan fingerprint density at radius 2 is 1.72 bits per heavy atom. The van der Waals surface area contributed by atoms with Crippen molar-refractivity contribution >= 4 is 11.9 Å². The number of ether oxygens (including phenoxy) is 1. The molecule has 1 aliphatic rings. The van der Waals surface area contributed by atoms with Crippen molar-refractivity contribution in [1.82, 2.24) is 9.88 Å². The number of aromatic nitrogens is 1. The number of unbranched alkanes of at least 4 members (excludes halogenated alkanes) is 1. The molecule has 5 nitrogen and oxygen atoms in total. The lowest BCUT2D eigenvalue weighted by molar-refractivity contribution is -0.137. The van der Waals surface area contributed by atoms with Crippen LogP contribution in [-0.4, -0.2) is 48.8 Å². The first kappa shape index (κ1) is 21.0. The summed E-state index contributed by atoms with van der Waals surface area (Å²) in [5.41, 5.74) is 0.502. The molecule has 1 fully saturated rings. The minimum atomic E-state index is -4.39. The van der Waals surface area contributed by atoms with E-state index in [-0.39, 0.29) is 6.09 Å². The van der Waals surface area contributed by atoms with Crippen LogP contribution >= 0.6 is 0 Å². The maximum absolute atomic E-state index is 12.6. The molecule has 8 heteroatoms. The molecule has 0 N–H and O–H groups in total. The predicted molar refractivity (Wildman–Crippen MR) is 104 cm³/mol. The Morgan fingerprint density at radius 1 is 1.00 bits per heavy atom. The smallest absolute Gasteiger partial charge is 0.417 e. The van der Waals surface area contributed by atoms with Gasteiger partial charge in [0.1, 0.15) is 5.82 Å². The first-order chi connectivity index (χ1) is 13.9. The molecular formula is C21H24F3N3O2. The minimum absolute atomic E-state index is 0.343. The van der Waals surface area contributed by atoms with Gasteiger partial charge in [0.05, 0.1) is 12.2 Å². The summed E-state index contributed by atoms with van der Waals surface area (Å²) in [7, 11) is 0. The first-order valence-electron chi connectivity index (χ1n) is 9.67. The fraction of sp³-hybridized carbons (Fsp3) is 0.429. The lowest BCUT2D eigenvalue weighted by Crippen LogP contribution is -2.49. The molecule has 0 unspecified atom stereocenters. The van der Waals surface area contributed by atoms with E-state index in [1.54, 1.807) is 4.90 Å². The third-order valence-corrected chi connectivity index (χ3v) is 4.87. The van der Waals surface area contributed by atoms with Crippen molar-refractivity contribution in [2.24, 2.45) is 0 Å². The van der Waals surface area contributed by atoms with Crippen LogP contribution in [0.4, 0.5) is 23.8 Å². The summed E-state index contributed by atoms with van der Waals surface area (Å²) in [5.74, 6) is 0.479. The summed E-state index contributed by atoms with van der Waals surface area (Å²) in [4.78, 5) is 19.6. The average Bonchev–Trinajstić information content (AvgIpc) is 2.74. The van der Waals surface area contributed by atoms with Crippen molar-refractivity contribution in [1.29, 1.82) is 0 Å². The van der Waals surface area contributed by atoms with Gasteiger partial charge in [-0.15, -0.1) is 0 Å². The fourth-order valence-electron chi connectivity index (χ4n) is 3.19. The van der Waals surface area contributed by atoms with Gasteiger partial charge in [0, 0.05) is 32.4 Å². The SMILES string of the molecule is O=C(OCCCCc1ccccc1)N1CCN(c2ccc(C(F)(F)F)cn2)CC1. The number of amides is 1. The molecule has 0 saturated carbocycles. The van der Waals surface area contributed by atoms with Crippen molar-refractivity contribution in [2.75, 3.05) is 37.7 Å². The van der Waals surface area contributed by atoms with Gasteiger partial charge in [-0.05, 0) is 37.0 Å².